The molecule has 3 aromatic rings. The van der Waals surface area contributed by atoms with Gasteiger partial charge in [-0.3, -0.25) is 14.3 Å². The third-order valence-corrected chi connectivity index (χ3v) is 8.62. The summed E-state index contributed by atoms with van der Waals surface area (Å²) in [5, 5.41) is 20.4. The number of carboxylic acid groups (broad SMARTS) is 2. The number of unbranched alkanes of at least 4 members (excludes halogenated alkanes) is 6. The van der Waals surface area contributed by atoms with Crippen molar-refractivity contribution in [1.82, 2.24) is 19.5 Å². The van der Waals surface area contributed by atoms with E-state index in [1.165, 1.54) is 4.57 Å². The molecule has 0 radical (unpaired) electrons. The summed E-state index contributed by atoms with van der Waals surface area (Å²) >= 11 is 0. The second-order valence-electron chi connectivity index (χ2n) is 11.5. The molecule has 3 heterocycles. The fourth-order valence-corrected chi connectivity index (χ4v) is 6.14. The Bertz CT molecular complexity index is 1500. The van der Waals surface area contributed by atoms with Crippen LogP contribution in [0.25, 0.3) is 0 Å². The van der Waals surface area contributed by atoms with Crippen LogP contribution in [0.1, 0.15) is 144 Å². The number of aromatic carboxylic acids is 2. The molecule has 0 aromatic carbocycles. The second-order valence-corrected chi connectivity index (χ2v) is 11.5. The first-order chi connectivity index (χ1) is 21.0. The fourth-order valence-electron chi connectivity index (χ4n) is 6.14. The number of carbonyl (C=O) groups is 2. The highest BCUT2D eigenvalue weighted by atomic mass is 16.5. The van der Waals surface area contributed by atoms with E-state index in [2.05, 4.69) is 28.8 Å². The molecule has 0 fully saturated rings. The number of carboxylic acids is 2. The molecule has 3 rings (SSSR count). The van der Waals surface area contributed by atoms with Crippen molar-refractivity contribution in [2.24, 2.45) is 0 Å². The maximum atomic E-state index is 13.7. The number of H-pyrrole nitrogens is 3. The summed E-state index contributed by atoms with van der Waals surface area (Å²) in [4.78, 5) is 60.1. The van der Waals surface area contributed by atoms with Crippen LogP contribution < -0.4 is 11.2 Å². The van der Waals surface area contributed by atoms with Crippen LogP contribution in [0.15, 0.2) is 9.59 Å². The molecule has 3 aromatic heterocycles. The number of hydrogen-bond acceptors (Lipinski definition) is 5. The van der Waals surface area contributed by atoms with Gasteiger partial charge in [-0.05, 0) is 75.6 Å². The molecule has 0 aliphatic rings. The summed E-state index contributed by atoms with van der Waals surface area (Å²) < 4.78 is 6.85. The van der Waals surface area contributed by atoms with Gasteiger partial charge >= 0.3 is 17.6 Å². The van der Waals surface area contributed by atoms with Crippen LogP contribution in [0.2, 0.25) is 0 Å². The van der Waals surface area contributed by atoms with Gasteiger partial charge in [0, 0.05) is 23.7 Å². The maximum Gasteiger partial charge on any atom is 0.352 e. The van der Waals surface area contributed by atoms with E-state index in [0.717, 1.165) is 51.4 Å². The van der Waals surface area contributed by atoms with Crippen LogP contribution in [0.5, 0.6) is 0 Å². The highest BCUT2D eigenvalue weighted by molar-refractivity contribution is 5.89. The van der Waals surface area contributed by atoms with Gasteiger partial charge in [-0.15, -0.1) is 0 Å². The summed E-state index contributed by atoms with van der Waals surface area (Å²) in [6.45, 7) is 11.6. The van der Waals surface area contributed by atoms with E-state index in [-0.39, 0.29) is 23.7 Å². The van der Waals surface area contributed by atoms with Gasteiger partial charge in [0.1, 0.15) is 18.1 Å². The average molecular weight is 613 g/mol. The molecule has 5 N–H and O–H groups in total. The van der Waals surface area contributed by atoms with E-state index in [9.17, 15) is 29.4 Å². The van der Waals surface area contributed by atoms with Crippen LogP contribution in [0.3, 0.4) is 0 Å². The maximum absolute atomic E-state index is 13.7. The standard InChI is InChI=1S/C33H48N4O7/c1-7-10-12-14-16-22-19(4)26(34-28(22)31(39)40)25(24-21(6)37(18-44-9-3)33(43)36-30(24)38)27-20(5)23(17-15-13-11-8-2)29(35-27)32(41)42/h25,34-35H,7-18H2,1-6H3,(H,39,40)(H,41,42)(H,36,38,43). The molecule has 0 bridgehead atoms. The first-order valence-electron chi connectivity index (χ1n) is 15.8. The van der Waals surface area contributed by atoms with E-state index >= 15 is 0 Å². The average Bonchev–Trinajstić information content (AvgIpc) is 3.47. The number of nitrogens with zero attached hydrogens (tertiary/aromatic N) is 1. The Hall–Kier alpha value is -3.86. The molecule has 11 nitrogen and oxygen atoms in total. The van der Waals surface area contributed by atoms with Crippen molar-refractivity contribution in [3.05, 3.63) is 77.1 Å². The smallest absolute Gasteiger partial charge is 0.352 e. The molecule has 0 unspecified atom stereocenters. The third-order valence-electron chi connectivity index (χ3n) is 8.62. The lowest BCUT2D eigenvalue weighted by atomic mass is 9.86. The van der Waals surface area contributed by atoms with E-state index in [1.54, 1.807) is 13.8 Å². The first-order valence-corrected chi connectivity index (χ1v) is 15.8. The van der Waals surface area contributed by atoms with Crippen molar-refractivity contribution >= 4 is 11.9 Å². The Morgan fingerprint density at radius 1 is 0.750 bits per heavy atom. The molecule has 242 valence electrons. The lowest BCUT2D eigenvalue weighted by Gasteiger charge is -2.22. The van der Waals surface area contributed by atoms with Gasteiger partial charge in [0.15, 0.2) is 0 Å². The topological polar surface area (TPSA) is 170 Å². The van der Waals surface area contributed by atoms with Gasteiger partial charge in [0.25, 0.3) is 5.56 Å². The van der Waals surface area contributed by atoms with Crippen molar-refractivity contribution in [2.45, 2.75) is 118 Å². The van der Waals surface area contributed by atoms with E-state index in [4.69, 9.17) is 4.74 Å². The van der Waals surface area contributed by atoms with Crippen LogP contribution in [-0.2, 0) is 24.3 Å². The lowest BCUT2D eigenvalue weighted by molar-refractivity contribution is 0.0679. The quantitative estimate of drug-likeness (QED) is 0.111. The highest BCUT2D eigenvalue weighted by Crippen LogP contribution is 2.38. The monoisotopic (exact) mass is 612 g/mol. The van der Waals surface area contributed by atoms with Crippen molar-refractivity contribution in [1.29, 1.82) is 0 Å². The minimum absolute atomic E-state index is 0.0539. The molecular weight excluding hydrogens is 564 g/mol. The summed E-state index contributed by atoms with van der Waals surface area (Å²) in [5.74, 6) is -3.12. The zero-order valence-corrected chi connectivity index (χ0v) is 26.9. The van der Waals surface area contributed by atoms with Crippen LogP contribution in [0.4, 0.5) is 0 Å². The van der Waals surface area contributed by atoms with Gasteiger partial charge < -0.3 is 24.9 Å². The zero-order valence-electron chi connectivity index (χ0n) is 26.9. The number of aromatic nitrogens is 4. The molecule has 0 spiro atoms. The SMILES string of the molecule is CCCCCCc1c(C(=O)O)[nH]c(C(c2[nH]c(C(=O)O)c(CCCCCC)c2C)c2c(C)n(COCC)c(=O)[nH]c2=O)c1C. The van der Waals surface area contributed by atoms with Crippen molar-refractivity contribution < 1.29 is 24.5 Å². The fraction of sp³-hybridized carbons (Fsp3) is 0.576. The minimum Gasteiger partial charge on any atom is -0.477 e. The molecule has 44 heavy (non-hydrogen) atoms. The minimum atomic E-state index is -1.11. The van der Waals surface area contributed by atoms with Crippen molar-refractivity contribution in [2.75, 3.05) is 6.61 Å². The largest absolute Gasteiger partial charge is 0.477 e. The summed E-state index contributed by atoms with van der Waals surface area (Å²) in [7, 11) is 0. The summed E-state index contributed by atoms with van der Waals surface area (Å²) in [6, 6.07) is 0. The number of hydrogen-bond donors (Lipinski definition) is 5. The summed E-state index contributed by atoms with van der Waals surface area (Å²) in [5.41, 5.74) is 3.07. The molecule has 0 aliphatic heterocycles. The van der Waals surface area contributed by atoms with E-state index < -0.39 is 29.1 Å². The second kappa shape index (κ2) is 15.7. The predicted molar refractivity (Wildman–Crippen MR) is 169 cm³/mol. The van der Waals surface area contributed by atoms with E-state index in [0.29, 0.717) is 58.8 Å². The van der Waals surface area contributed by atoms with Crippen molar-refractivity contribution in [3.63, 3.8) is 0 Å². The van der Waals surface area contributed by atoms with Gasteiger partial charge in [0.05, 0.1) is 11.5 Å². The number of rotatable bonds is 18. The van der Waals surface area contributed by atoms with Crippen LogP contribution >= 0.6 is 0 Å². The molecule has 0 amide bonds. The third kappa shape index (κ3) is 7.43. The Balaban J connectivity index is 2.36. The van der Waals surface area contributed by atoms with E-state index in [1.807, 2.05) is 13.8 Å². The molecule has 11 heteroatoms. The van der Waals surface area contributed by atoms with Crippen molar-refractivity contribution in [3.8, 4) is 0 Å². The molecular formula is C33H48N4O7. The Kier molecular flexibility index (Phi) is 12.4. The number of aromatic amines is 3. The number of nitrogens with one attached hydrogen (secondary N) is 3. The molecule has 0 saturated heterocycles. The Morgan fingerprint density at radius 2 is 1.23 bits per heavy atom. The normalized spacial score (nSPS) is 11.5. The lowest BCUT2D eigenvalue weighted by Crippen LogP contribution is -2.36. The Labute approximate surface area is 258 Å². The summed E-state index contributed by atoms with van der Waals surface area (Å²) in [6.07, 6.45) is 8.79. The van der Waals surface area contributed by atoms with Gasteiger partial charge in [-0.1, -0.05) is 52.4 Å². The molecule has 0 saturated carbocycles. The molecule has 0 aliphatic carbocycles. The van der Waals surface area contributed by atoms with Crippen LogP contribution in [-0.4, -0.2) is 48.3 Å². The Morgan fingerprint density at radius 3 is 1.64 bits per heavy atom. The van der Waals surface area contributed by atoms with Gasteiger partial charge in [0.2, 0.25) is 0 Å². The molecule has 0 atom stereocenters. The van der Waals surface area contributed by atoms with Gasteiger partial charge in [-0.2, -0.15) is 0 Å². The number of ether oxygens (including phenoxy) is 1. The van der Waals surface area contributed by atoms with Crippen LogP contribution in [0, 0.1) is 20.8 Å². The first kappa shape index (κ1) is 34.6. The zero-order chi connectivity index (χ0) is 32.6. The highest BCUT2D eigenvalue weighted by Gasteiger charge is 2.34. The van der Waals surface area contributed by atoms with Gasteiger partial charge in [-0.25, -0.2) is 14.4 Å². The predicted octanol–water partition coefficient (Wildman–Crippen LogP) is 5.93.